The average molecular weight is 589 g/mol. The van der Waals surface area contributed by atoms with Gasteiger partial charge in [0.25, 0.3) is 0 Å². The molecule has 1 saturated carbocycles. The second kappa shape index (κ2) is 10.2. The molecule has 2 aromatic carbocycles. The van der Waals surface area contributed by atoms with Gasteiger partial charge in [-0.05, 0) is 67.3 Å². The molecule has 8 nitrogen and oxygen atoms in total. The molecule has 4 aliphatic rings. The van der Waals surface area contributed by atoms with Crippen LogP contribution in [0.3, 0.4) is 0 Å². The minimum atomic E-state index is -0.720. The van der Waals surface area contributed by atoms with Gasteiger partial charge in [0.2, 0.25) is 0 Å². The van der Waals surface area contributed by atoms with Gasteiger partial charge in [0.1, 0.15) is 17.4 Å². The number of fused-ring (bicyclic) bond motifs is 4. The molecule has 10 heteroatoms. The van der Waals surface area contributed by atoms with Crippen molar-refractivity contribution in [2.24, 2.45) is 5.41 Å². The summed E-state index contributed by atoms with van der Waals surface area (Å²) in [5.74, 6) is 0.957. The van der Waals surface area contributed by atoms with Gasteiger partial charge < -0.3 is 20.1 Å². The molecule has 2 unspecified atom stereocenters. The lowest BCUT2D eigenvalue weighted by Crippen LogP contribution is -2.51. The molecule has 4 aromatic rings. The number of phenols is 1. The van der Waals surface area contributed by atoms with Gasteiger partial charge in [0.05, 0.1) is 12.1 Å². The van der Waals surface area contributed by atoms with Crippen LogP contribution in [-0.4, -0.2) is 82.5 Å². The highest BCUT2D eigenvalue weighted by Gasteiger charge is 2.46. The second-order valence-corrected chi connectivity index (χ2v) is 13.1. The molecular weight excluding hydrogens is 555 g/mol. The number of phenolic OH excluding ortho intramolecular Hbond substituents is 1. The number of nitrogens with one attached hydrogen (secondary N) is 1. The first kappa shape index (κ1) is 26.4. The Morgan fingerprint density at radius 1 is 1.07 bits per heavy atom. The Morgan fingerprint density at radius 2 is 1.90 bits per heavy atom. The molecule has 0 spiro atoms. The van der Waals surface area contributed by atoms with Gasteiger partial charge in [-0.1, -0.05) is 23.7 Å². The van der Waals surface area contributed by atoms with E-state index in [1.54, 1.807) is 12.1 Å². The van der Waals surface area contributed by atoms with Crippen molar-refractivity contribution in [1.82, 2.24) is 25.2 Å². The first-order chi connectivity index (χ1) is 20.4. The summed E-state index contributed by atoms with van der Waals surface area (Å²) in [5.41, 5.74) is 3.05. The lowest BCUT2D eigenvalue weighted by molar-refractivity contribution is 0.165. The number of likely N-dealkylation sites (tertiary alicyclic amines) is 1. The number of piperazine rings is 1. The minimum Gasteiger partial charge on any atom is -0.508 e. The predicted octanol–water partition coefficient (Wildman–Crippen LogP) is 5.35. The van der Waals surface area contributed by atoms with Crippen LogP contribution in [0, 0.1) is 5.41 Å². The number of anilines is 1. The first-order valence-electron chi connectivity index (χ1n) is 15.0. The van der Waals surface area contributed by atoms with Crippen LogP contribution in [0.1, 0.15) is 32.1 Å². The number of alkyl halides is 1. The van der Waals surface area contributed by atoms with Crippen molar-refractivity contribution in [2.45, 2.75) is 50.4 Å². The maximum atomic E-state index is 13.8. The molecule has 2 N–H and O–H groups in total. The summed E-state index contributed by atoms with van der Waals surface area (Å²) in [4.78, 5) is 19.3. The Morgan fingerprint density at radius 3 is 2.67 bits per heavy atom. The van der Waals surface area contributed by atoms with Crippen LogP contribution in [0.2, 0.25) is 5.02 Å². The highest BCUT2D eigenvalue weighted by molar-refractivity contribution is 6.36. The van der Waals surface area contributed by atoms with E-state index < -0.39 is 6.17 Å². The predicted molar refractivity (Wildman–Crippen MR) is 162 cm³/mol. The maximum Gasteiger partial charge on any atom is 0.319 e. The Bertz CT molecular complexity index is 1670. The topological polar surface area (TPSA) is 86.6 Å². The monoisotopic (exact) mass is 588 g/mol. The van der Waals surface area contributed by atoms with Crippen LogP contribution in [0.4, 0.5) is 10.2 Å². The third-order valence-electron chi connectivity index (χ3n) is 9.47. The zero-order valence-electron chi connectivity index (χ0n) is 23.4. The van der Waals surface area contributed by atoms with E-state index in [1.165, 1.54) is 0 Å². The molecule has 1 aliphatic carbocycles. The zero-order valence-corrected chi connectivity index (χ0v) is 24.2. The first-order valence-corrected chi connectivity index (χ1v) is 15.4. The standard InChI is InChI=1S/C32H34ClFN6O2/c33-26-3-1-2-19-10-24(41)12-25(28(19)26)20-11-27-29(35-13-20)30(40-15-22-4-5-23(16-40)36-22)38-31(37-27)42-18-32(7-8-32)17-39-9-6-21(34)14-39/h1-3,10-13,21-23,36,41H,4-9,14-18H2/t21-,22?,23?/m1/s1. The summed E-state index contributed by atoms with van der Waals surface area (Å²) in [6, 6.07) is 12.3. The van der Waals surface area contributed by atoms with E-state index >= 15 is 0 Å². The molecule has 8 rings (SSSR count). The number of halogens is 2. The summed E-state index contributed by atoms with van der Waals surface area (Å²) in [7, 11) is 0. The number of rotatable bonds is 7. The normalized spacial score (nSPS) is 25.0. The number of hydrogen-bond donors (Lipinski definition) is 2. The number of benzene rings is 2. The van der Waals surface area contributed by atoms with Crippen molar-refractivity contribution in [3.05, 3.63) is 47.6 Å². The number of nitrogens with zero attached hydrogens (tertiary/aromatic N) is 5. The van der Waals surface area contributed by atoms with Gasteiger partial charge in [0.15, 0.2) is 5.82 Å². The Kier molecular flexibility index (Phi) is 6.39. The fourth-order valence-electron chi connectivity index (χ4n) is 7.12. The summed E-state index contributed by atoms with van der Waals surface area (Å²) < 4.78 is 20.2. The van der Waals surface area contributed by atoms with Gasteiger partial charge in [-0.25, -0.2) is 4.39 Å². The molecule has 2 aromatic heterocycles. The molecule has 3 atom stereocenters. The fraction of sp³-hybridized carbons (Fsp3) is 0.469. The molecule has 2 bridgehead atoms. The average Bonchev–Trinajstić information content (AvgIpc) is 3.50. The Labute approximate surface area is 248 Å². The van der Waals surface area contributed by atoms with Crippen molar-refractivity contribution in [1.29, 1.82) is 0 Å². The quantitative estimate of drug-likeness (QED) is 0.299. The smallest absolute Gasteiger partial charge is 0.319 e. The SMILES string of the molecule is Oc1cc(-c2cnc3c(N4CC5CCC(C4)N5)nc(OCC4(CN5CC[C@@H](F)C5)CC4)nc3c2)c2c(Cl)cccc2c1. The minimum absolute atomic E-state index is 0.0357. The second-order valence-electron chi connectivity index (χ2n) is 12.7. The van der Waals surface area contributed by atoms with Crippen molar-refractivity contribution < 1.29 is 14.2 Å². The van der Waals surface area contributed by atoms with E-state index in [-0.39, 0.29) is 11.2 Å². The van der Waals surface area contributed by atoms with Crippen LogP contribution in [0.15, 0.2) is 42.6 Å². The Hall–Kier alpha value is -3.27. The van der Waals surface area contributed by atoms with Crippen LogP contribution < -0.4 is 15.0 Å². The van der Waals surface area contributed by atoms with Crippen molar-refractivity contribution in [3.8, 4) is 22.9 Å². The van der Waals surface area contributed by atoms with Crippen molar-refractivity contribution in [2.75, 3.05) is 44.2 Å². The number of pyridine rings is 1. The highest BCUT2D eigenvalue weighted by atomic mass is 35.5. The van der Waals surface area contributed by atoms with E-state index in [9.17, 15) is 9.50 Å². The van der Waals surface area contributed by atoms with Gasteiger partial charge in [-0.15, -0.1) is 0 Å². The van der Waals surface area contributed by atoms with Crippen LogP contribution in [0.5, 0.6) is 11.8 Å². The number of aromatic nitrogens is 3. The van der Waals surface area contributed by atoms with Crippen LogP contribution in [0.25, 0.3) is 32.9 Å². The molecule has 42 heavy (non-hydrogen) atoms. The maximum absolute atomic E-state index is 13.8. The van der Waals surface area contributed by atoms with Gasteiger partial charge in [0, 0.05) is 72.4 Å². The molecule has 4 fully saturated rings. The van der Waals surface area contributed by atoms with Gasteiger partial charge in [-0.3, -0.25) is 9.88 Å². The van der Waals surface area contributed by atoms with Crippen molar-refractivity contribution >= 4 is 39.2 Å². The van der Waals surface area contributed by atoms with E-state index in [0.29, 0.717) is 48.2 Å². The largest absolute Gasteiger partial charge is 0.508 e. The molecule has 3 saturated heterocycles. The van der Waals surface area contributed by atoms with Crippen molar-refractivity contribution in [3.63, 3.8) is 0 Å². The highest BCUT2D eigenvalue weighted by Crippen LogP contribution is 2.47. The lowest BCUT2D eigenvalue weighted by Gasteiger charge is -2.34. The van der Waals surface area contributed by atoms with E-state index in [2.05, 4.69) is 15.1 Å². The third kappa shape index (κ3) is 4.91. The van der Waals surface area contributed by atoms with Crippen LogP contribution >= 0.6 is 11.6 Å². The van der Waals surface area contributed by atoms with Crippen LogP contribution in [-0.2, 0) is 0 Å². The third-order valence-corrected chi connectivity index (χ3v) is 9.79. The number of hydrogen-bond acceptors (Lipinski definition) is 8. The Balaban J connectivity index is 1.17. The lowest BCUT2D eigenvalue weighted by atomic mass is 9.98. The summed E-state index contributed by atoms with van der Waals surface area (Å²) in [6.45, 7) is 4.42. The van der Waals surface area contributed by atoms with E-state index in [0.717, 1.165) is 85.1 Å². The number of ether oxygens (including phenoxy) is 1. The zero-order chi connectivity index (χ0) is 28.4. The fourth-order valence-corrected chi connectivity index (χ4v) is 7.41. The number of aromatic hydroxyl groups is 1. The van der Waals surface area contributed by atoms with E-state index in [4.69, 9.17) is 31.3 Å². The molecule has 5 heterocycles. The summed E-state index contributed by atoms with van der Waals surface area (Å²) in [6.07, 6.45) is 6.18. The molecule has 0 amide bonds. The molecule has 218 valence electrons. The van der Waals surface area contributed by atoms with E-state index in [1.807, 2.05) is 30.5 Å². The summed E-state index contributed by atoms with van der Waals surface area (Å²) in [5, 5.41) is 16.5. The molecule has 3 aliphatic heterocycles. The molecular formula is C32H34ClFN6O2. The van der Waals surface area contributed by atoms with Gasteiger partial charge in [-0.2, -0.15) is 9.97 Å². The summed E-state index contributed by atoms with van der Waals surface area (Å²) >= 11 is 6.64. The molecule has 0 radical (unpaired) electrons. The van der Waals surface area contributed by atoms with Gasteiger partial charge >= 0.3 is 6.01 Å².